The van der Waals surface area contributed by atoms with Gasteiger partial charge >= 0.3 is 0 Å². The van der Waals surface area contributed by atoms with E-state index in [1.54, 1.807) is 6.08 Å². The van der Waals surface area contributed by atoms with Gasteiger partial charge in [0.25, 0.3) is 0 Å². The molecule has 1 saturated heterocycles. The fourth-order valence-electron chi connectivity index (χ4n) is 4.02. The first-order valence-electron chi connectivity index (χ1n) is 9.99. The average molecular weight is 391 g/mol. The molecule has 5 nitrogen and oxygen atoms in total. The van der Waals surface area contributed by atoms with Crippen LogP contribution in [0.25, 0.3) is 6.08 Å². The summed E-state index contributed by atoms with van der Waals surface area (Å²) in [5.41, 5.74) is 0.858. The van der Waals surface area contributed by atoms with Gasteiger partial charge in [0.1, 0.15) is 0 Å². The van der Waals surface area contributed by atoms with Crippen LogP contribution < -0.4 is 5.32 Å². The lowest BCUT2D eigenvalue weighted by Gasteiger charge is -2.33. The molecule has 0 radical (unpaired) electrons. The zero-order valence-corrected chi connectivity index (χ0v) is 16.8. The van der Waals surface area contributed by atoms with Gasteiger partial charge in [0.2, 0.25) is 15.9 Å². The van der Waals surface area contributed by atoms with Crippen molar-refractivity contribution < 1.29 is 13.2 Å². The molecule has 1 amide bonds. The molecule has 2 unspecified atom stereocenters. The zero-order valence-electron chi connectivity index (χ0n) is 16.0. The Kier molecular flexibility index (Phi) is 6.71. The van der Waals surface area contributed by atoms with E-state index in [-0.39, 0.29) is 17.9 Å². The predicted octanol–water partition coefficient (Wildman–Crippen LogP) is 3.39. The molecule has 2 fully saturated rings. The Bertz CT molecular complexity index is 753. The maximum atomic E-state index is 12.6. The highest BCUT2D eigenvalue weighted by Gasteiger charge is 2.32. The number of nitrogens with one attached hydrogen (secondary N) is 1. The number of hydrogen-bond donors (Lipinski definition) is 1. The summed E-state index contributed by atoms with van der Waals surface area (Å²) in [6.45, 7) is 3.01. The predicted molar refractivity (Wildman–Crippen MR) is 108 cm³/mol. The fraction of sp³-hybridized carbons (Fsp3) is 0.571. The second kappa shape index (κ2) is 9.02. The van der Waals surface area contributed by atoms with Crippen LogP contribution in [0.5, 0.6) is 0 Å². The second-order valence-corrected chi connectivity index (χ2v) is 9.63. The number of sulfonamides is 1. The number of rotatable bonds is 5. The zero-order chi connectivity index (χ0) is 19.3. The summed E-state index contributed by atoms with van der Waals surface area (Å²) < 4.78 is 26.6. The van der Waals surface area contributed by atoms with Crippen LogP contribution in [-0.4, -0.2) is 37.8 Å². The van der Waals surface area contributed by atoms with E-state index in [4.69, 9.17) is 0 Å². The largest absolute Gasteiger partial charge is 0.353 e. The monoisotopic (exact) mass is 390 g/mol. The number of carbonyl (C=O) groups excluding carboxylic acids is 1. The number of piperidine rings is 1. The first-order valence-corrected chi connectivity index (χ1v) is 11.5. The molecule has 1 aliphatic carbocycles. The Labute approximate surface area is 162 Å². The van der Waals surface area contributed by atoms with E-state index in [2.05, 4.69) is 12.2 Å². The van der Waals surface area contributed by atoms with Crippen LogP contribution in [0.1, 0.15) is 51.0 Å². The highest BCUT2D eigenvalue weighted by Crippen LogP contribution is 2.26. The van der Waals surface area contributed by atoms with Gasteiger partial charge in [0.05, 0.1) is 0 Å². The van der Waals surface area contributed by atoms with Crippen molar-refractivity contribution in [3.63, 3.8) is 0 Å². The van der Waals surface area contributed by atoms with Gasteiger partial charge < -0.3 is 5.32 Å². The summed E-state index contributed by atoms with van der Waals surface area (Å²) in [5.74, 6) is 0.556. The Morgan fingerprint density at radius 1 is 1.07 bits per heavy atom. The van der Waals surface area contributed by atoms with Gasteiger partial charge in [-0.2, -0.15) is 4.31 Å². The molecule has 0 spiro atoms. The van der Waals surface area contributed by atoms with Crippen molar-refractivity contribution in [1.82, 2.24) is 9.62 Å². The minimum atomic E-state index is -3.45. The molecule has 6 heteroatoms. The molecule has 2 aliphatic rings. The Morgan fingerprint density at radius 3 is 2.41 bits per heavy atom. The molecule has 1 saturated carbocycles. The molecule has 27 heavy (non-hydrogen) atoms. The lowest BCUT2D eigenvalue weighted by atomic mass is 9.85. The molecule has 1 aliphatic heterocycles. The highest BCUT2D eigenvalue weighted by atomic mass is 32.2. The van der Waals surface area contributed by atoms with E-state index in [0.717, 1.165) is 12.0 Å². The van der Waals surface area contributed by atoms with Gasteiger partial charge in [-0.1, -0.05) is 50.1 Å². The van der Waals surface area contributed by atoms with E-state index in [1.165, 1.54) is 29.0 Å². The van der Waals surface area contributed by atoms with Gasteiger partial charge in [-0.3, -0.25) is 4.79 Å². The van der Waals surface area contributed by atoms with Crippen LogP contribution in [0.4, 0.5) is 0 Å². The van der Waals surface area contributed by atoms with Crippen molar-refractivity contribution in [1.29, 1.82) is 0 Å². The number of nitrogens with zero attached hydrogens (tertiary/aromatic N) is 1. The van der Waals surface area contributed by atoms with Gasteiger partial charge in [-0.05, 0) is 43.2 Å². The van der Waals surface area contributed by atoms with Gasteiger partial charge in [-0.15, -0.1) is 0 Å². The van der Waals surface area contributed by atoms with E-state index in [1.807, 2.05) is 30.3 Å². The van der Waals surface area contributed by atoms with Crippen LogP contribution in [0, 0.1) is 11.8 Å². The minimum Gasteiger partial charge on any atom is -0.353 e. The molecular formula is C21H30N2O3S. The standard InChI is InChI=1S/C21H30N2O3S/c1-17-7-5-6-10-20(17)22-21(24)19-11-14-23(15-12-19)27(25,26)16-13-18-8-3-2-4-9-18/h2-4,8-9,13,16-17,19-20H,5-7,10-12,14-15H2,1H3,(H,22,24)/b16-13+. The third kappa shape index (κ3) is 5.42. The molecule has 0 aromatic heterocycles. The minimum absolute atomic E-state index is 0.0799. The topological polar surface area (TPSA) is 66.5 Å². The van der Waals surface area contributed by atoms with Crippen LogP contribution in [-0.2, 0) is 14.8 Å². The lowest BCUT2D eigenvalue weighted by molar-refractivity contribution is -0.127. The molecule has 148 valence electrons. The van der Waals surface area contributed by atoms with E-state index >= 15 is 0 Å². The number of benzene rings is 1. The fourth-order valence-corrected chi connectivity index (χ4v) is 5.24. The lowest BCUT2D eigenvalue weighted by Crippen LogP contribution is -2.47. The number of hydrogen-bond acceptors (Lipinski definition) is 3. The Balaban J connectivity index is 1.51. The second-order valence-electron chi connectivity index (χ2n) is 7.81. The van der Waals surface area contributed by atoms with Crippen molar-refractivity contribution in [2.24, 2.45) is 11.8 Å². The molecule has 1 aromatic carbocycles. The molecule has 1 aromatic rings. The quantitative estimate of drug-likeness (QED) is 0.838. The average Bonchev–Trinajstić information content (AvgIpc) is 2.69. The highest BCUT2D eigenvalue weighted by molar-refractivity contribution is 7.92. The molecule has 3 rings (SSSR count). The molecular weight excluding hydrogens is 360 g/mol. The number of carbonyl (C=O) groups is 1. The van der Waals surface area contributed by atoms with Crippen LogP contribution in [0.2, 0.25) is 0 Å². The summed E-state index contributed by atoms with van der Waals surface area (Å²) in [5, 5.41) is 4.49. The molecule has 0 bridgehead atoms. The summed E-state index contributed by atoms with van der Waals surface area (Å²) in [7, 11) is -3.45. The SMILES string of the molecule is CC1CCCCC1NC(=O)C1CCN(S(=O)(=O)/C=C/c2ccccc2)CC1. The van der Waals surface area contributed by atoms with Crippen LogP contribution in [0.15, 0.2) is 35.7 Å². The molecule has 1 N–H and O–H groups in total. The van der Waals surface area contributed by atoms with Crippen molar-refractivity contribution >= 4 is 22.0 Å². The van der Waals surface area contributed by atoms with Crippen LogP contribution in [0.3, 0.4) is 0 Å². The Morgan fingerprint density at radius 2 is 1.74 bits per heavy atom. The van der Waals surface area contributed by atoms with E-state index < -0.39 is 10.0 Å². The van der Waals surface area contributed by atoms with E-state index in [0.29, 0.717) is 31.8 Å². The summed E-state index contributed by atoms with van der Waals surface area (Å²) in [4.78, 5) is 12.6. The van der Waals surface area contributed by atoms with Crippen LogP contribution >= 0.6 is 0 Å². The first-order chi connectivity index (χ1) is 13.0. The maximum Gasteiger partial charge on any atom is 0.236 e. The summed E-state index contributed by atoms with van der Waals surface area (Å²) in [6, 6.07) is 9.67. The normalized spacial score (nSPS) is 25.5. The van der Waals surface area contributed by atoms with Gasteiger partial charge in [0.15, 0.2) is 0 Å². The van der Waals surface area contributed by atoms with Crippen molar-refractivity contribution in [2.75, 3.05) is 13.1 Å². The molecule has 1 heterocycles. The van der Waals surface area contributed by atoms with Crippen molar-refractivity contribution in [2.45, 2.75) is 51.5 Å². The van der Waals surface area contributed by atoms with Crippen molar-refractivity contribution in [3.8, 4) is 0 Å². The Hall–Kier alpha value is -1.66. The van der Waals surface area contributed by atoms with Gasteiger partial charge in [-0.25, -0.2) is 8.42 Å². The first kappa shape index (κ1) is 20.1. The summed E-state index contributed by atoms with van der Waals surface area (Å²) in [6.07, 6.45) is 7.47. The maximum absolute atomic E-state index is 12.6. The smallest absolute Gasteiger partial charge is 0.236 e. The van der Waals surface area contributed by atoms with E-state index in [9.17, 15) is 13.2 Å². The third-order valence-electron chi connectivity index (χ3n) is 5.86. The number of amides is 1. The van der Waals surface area contributed by atoms with Crippen molar-refractivity contribution in [3.05, 3.63) is 41.3 Å². The van der Waals surface area contributed by atoms with Gasteiger partial charge in [0, 0.05) is 30.5 Å². The molecule has 2 atom stereocenters. The summed E-state index contributed by atoms with van der Waals surface area (Å²) >= 11 is 0. The third-order valence-corrected chi connectivity index (χ3v) is 7.42.